The Labute approximate surface area is 173 Å². The van der Waals surface area contributed by atoms with E-state index in [1.54, 1.807) is 6.20 Å². The zero-order valence-corrected chi connectivity index (χ0v) is 17.3. The summed E-state index contributed by atoms with van der Waals surface area (Å²) < 4.78 is 1.82. The molecule has 1 aromatic heterocycles. The minimum Gasteiger partial charge on any atom is -0.348 e. The Morgan fingerprint density at radius 3 is 2.83 bits per heavy atom. The van der Waals surface area contributed by atoms with Crippen LogP contribution in [0, 0.1) is 0 Å². The van der Waals surface area contributed by atoms with Crippen molar-refractivity contribution in [3.63, 3.8) is 0 Å². The van der Waals surface area contributed by atoms with Crippen molar-refractivity contribution in [3.8, 4) is 0 Å². The third-order valence-corrected chi connectivity index (χ3v) is 5.79. The van der Waals surface area contributed by atoms with Crippen LogP contribution in [0.25, 0.3) is 6.08 Å². The van der Waals surface area contributed by atoms with Gasteiger partial charge in [-0.05, 0) is 51.1 Å². The van der Waals surface area contributed by atoms with Gasteiger partial charge in [0.1, 0.15) is 0 Å². The molecule has 6 nitrogen and oxygen atoms in total. The smallest absolute Gasteiger partial charge is 0.273 e. The van der Waals surface area contributed by atoms with Crippen LogP contribution in [0.1, 0.15) is 61.5 Å². The molecule has 6 heteroatoms. The number of likely N-dealkylation sites (tertiary alicyclic amines) is 1. The number of aryl methyl sites for hydroxylation is 1. The number of piperidine rings is 1. The SMILES string of the molecule is C/C(=C\c1ccccc1)CN1CCCCC1CCn1cc(C(=O)NC2CC2)nn1. The van der Waals surface area contributed by atoms with Gasteiger partial charge in [-0.15, -0.1) is 5.10 Å². The van der Waals surface area contributed by atoms with Gasteiger partial charge in [0, 0.05) is 25.2 Å². The molecule has 154 valence electrons. The maximum Gasteiger partial charge on any atom is 0.273 e. The van der Waals surface area contributed by atoms with Crippen molar-refractivity contribution >= 4 is 12.0 Å². The molecule has 1 aromatic carbocycles. The molecule has 1 saturated heterocycles. The highest BCUT2D eigenvalue weighted by atomic mass is 16.2. The lowest BCUT2D eigenvalue weighted by Crippen LogP contribution is -2.41. The Morgan fingerprint density at radius 2 is 2.03 bits per heavy atom. The van der Waals surface area contributed by atoms with Crippen LogP contribution < -0.4 is 5.32 Å². The number of hydrogen-bond donors (Lipinski definition) is 1. The number of nitrogens with one attached hydrogen (secondary N) is 1. The second-order valence-corrected chi connectivity index (χ2v) is 8.42. The van der Waals surface area contributed by atoms with Crippen molar-refractivity contribution in [2.75, 3.05) is 13.1 Å². The van der Waals surface area contributed by atoms with Gasteiger partial charge in [0.05, 0.1) is 6.20 Å². The van der Waals surface area contributed by atoms with Crippen molar-refractivity contribution in [3.05, 3.63) is 53.4 Å². The zero-order valence-electron chi connectivity index (χ0n) is 17.3. The third kappa shape index (κ3) is 5.76. The number of carbonyl (C=O) groups is 1. The topological polar surface area (TPSA) is 63.1 Å². The maximum absolute atomic E-state index is 12.1. The van der Waals surface area contributed by atoms with Crippen molar-refractivity contribution < 1.29 is 4.79 Å². The molecule has 0 bridgehead atoms. The largest absolute Gasteiger partial charge is 0.348 e. The van der Waals surface area contributed by atoms with Crippen molar-refractivity contribution in [2.45, 2.75) is 64.1 Å². The molecule has 2 aromatic rings. The lowest BCUT2D eigenvalue weighted by Gasteiger charge is -2.36. The summed E-state index contributed by atoms with van der Waals surface area (Å²) >= 11 is 0. The summed E-state index contributed by atoms with van der Waals surface area (Å²) in [4.78, 5) is 14.7. The highest BCUT2D eigenvalue weighted by molar-refractivity contribution is 5.92. The van der Waals surface area contributed by atoms with E-state index in [1.807, 2.05) is 4.68 Å². The number of aromatic nitrogens is 3. The molecule has 29 heavy (non-hydrogen) atoms. The summed E-state index contributed by atoms with van der Waals surface area (Å²) in [5, 5.41) is 11.2. The third-order valence-electron chi connectivity index (χ3n) is 5.79. The zero-order chi connectivity index (χ0) is 20.1. The number of carbonyl (C=O) groups excluding carboxylic acids is 1. The molecule has 0 spiro atoms. The van der Waals surface area contributed by atoms with Gasteiger partial charge in [0.15, 0.2) is 5.69 Å². The van der Waals surface area contributed by atoms with E-state index in [2.05, 4.69) is 63.9 Å². The first-order chi connectivity index (χ1) is 14.2. The first kappa shape index (κ1) is 19.8. The fourth-order valence-corrected chi connectivity index (χ4v) is 4.07. The molecular formula is C23H31N5O. The normalized spacial score (nSPS) is 20.6. The summed E-state index contributed by atoms with van der Waals surface area (Å²) in [5.41, 5.74) is 3.08. The van der Waals surface area contributed by atoms with E-state index in [0.29, 0.717) is 17.8 Å². The molecule has 1 aliphatic heterocycles. The van der Waals surface area contributed by atoms with Gasteiger partial charge in [-0.3, -0.25) is 14.4 Å². The van der Waals surface area contributed by atoms with E-state index in [4.69, 9.17) is 0 Å². The van der Waals surface area contributed by atoms with Gasteiger partial charge < -0.3 is 5.32 Å². The molecular weight excluding hydrogens is 362 g/mol. The fourth-order valence-electron chi connectivity index (χ4n) is 4.07. The van der Waals surface area contributed by atoms with E-state index in [0.717, 1.165) is 38.9 Å². The highest BCUT2D eigenvalue weighted by Crippen LogP contribution is 2.22. The molecule has 1 N–H and O–H groups in total. The second kappa shape index (κ2) is 9.35. The molecule has 1 saturated carbocycles. The summed E-state index contributed by atoms with van der Waals surface area (Å²) in [7, 11) is 0. The van der Waals surface area contributed by atoms with Crippen LogP contribution in [0.5, 0.6) is 0 Å². The van der Waals surface area contributed by atoms with E-state index in [-0.39, 0.29) is 5.91 Å². The van der Waals surface area contributed by atoms with Gasteiger partial charge in [-0.2, -0.15) is 0 Å². The van der Waals surface area contributed by atoms with Crippen LogP contribution in [-0.2, 0) is 6.54 Å². The Kier molecular flexibility index (Phi) is 6.39. The Bertz CT molecular complexity index is 840. The monoisotopic (exact) mass is 393 g/mol. The minimum absolute atomic E-state index is 0.0975. The second-order valence-electron chi connectivity index (χ2n) is 8.42. The molecule has 1 aliphatic carbocycles. The average Bonchev–Trinajstić information content (AvgIpc) is 3.41. The van der Waals surface area contributed by atoms with Crippen molar-refractivity contribution in [1.82, 2.24) is 25.2 Å². The van der Waals surface area contributed by atoms with E-state index < -0.39 is 0 Å². The molecule has 1 atom stereocenters. The van der Waals surface area contributed by atoms with Crippen LogP contribution in [-0.4, -0.2) is 51.0 Å². The first-order valence-electron chi connectivity index (χ1n) is 10.8. The molecule has 1 unspecified atom stereocenters. The summed E-state index contributed by atoms with van der Waals surface area (Å²) in [6.07, 6.45) is 11.0. The summed E-state index contributed by atoms with van der Waals surface area (Å²) in [6, 6.07) is 11.4. The van der Waals surface area contributed by atoms with Crippen LogP contribution >= 0.6 is 0 Å². The fraction of sp³-hybridized carbons (Fsp3) is 0.522. The molecule has 1 amide bonds. The lowest BCUT2D eigenvalue weighted by atomic mass is 9.98. The predicted octanol–water partition coefficient (Wildman–Crippen LogP) is 3.52. The van der Waals surface area contributed by atoms with Gasteiger partial charge in [0.25, 0.3) is 5.91 Å². The molecule has 2 heterocycles. The molecule has 2 fully saturated rings. The van der Waals surface area contributed by atoms with Crippen molar-refractivity contribution in [2.24, 2.45) is 0 Å². The van der Waals surface area contributed by atoms with Crippen LogP contribution in [0.15, 0.2) is 42.1 Å². The molecule has 2 aliphatic rings. The quantitative estimate of drug-likeness (QED) is 0.745. The van der Waals surface area contributed by atoms with E-state index in [9.17, 15) is 4.79 Å². The molecule has 4 rings (SSSR count). The number of nitrogens with zero attached hydrogens (tertiary/aromatic N) is 4. The van der Waals surface area contributed by atoms with E-state index in [1.165, 1.54) is 30.4 Å². The van der Waals surface area contributed by atoms with Crippen LogP contribution in [0.2, 0.25) is 0 Å². The number of rotatable bonds is 8. The Morgan fingerprint density at radius 1 is 1.21 bits per heavy atom. The predicted molar refractivity (Wildman–Crippen MR) is 114 cm³/mol. The number of hydrogen-bond acceptors (Lipinski definition) is 4. The van der Waals surface area contributed by atoms with Gasteiger partial charge in [-0.1, -0.05) is 53.6 Å². The summed E-state index contributed by atoms with van der Waals surface area (Å²) in [6.45, 7) is 5.18. The minimum atomic E-state index is -0.0975. The Balaban J connectivity index is 1.31. The highest BCUT2D eigenvalue weighted by Gasteiger charge is 2.25. The average molecular weight is 394 g/mol. The van der Waals surface area contributed by atoms with Gasteiger partial charge in [0.2, 0.25) is 0 Å². The Hall–Kier alpha value is -2.47. The number of benzene rings is 1. The van der Waals surface area contributed by atoms with Crippen LogP contribution in [0.3, 0.4) is 0 Å². The summed E-state index contributed by atoms with van der Waals surface area (Å²) in [5.74, 6) is -0.0975. The maximum atomic E-state index is 12.1. The van der Waals surface area contributed by atoms with E-state index >= 15 is 0 Å². The molecule has 0 radical (unpaired) electrons. The van der Waals surface area contributed by atoms with Crippen molar-refractivity contribution in [1.29, 1.82) is 0 Å². The standard InChI is InChI=1S/C23H31N5O/c1-18(15-19-7-3-2-4-8-19)16-27-13-6-5-9-21(27)12-14-28-17-22(25-26-28)23(29)24-20-10-11-20/h2-4,7-8,15,17,20-21H,5-6,9-14,16H2,1H3,(H,24,29)/b18-15+. The van der Waals surface area contributed by atoms with Gasteiger partial charge in [-0.25, -0.2) is 0 Å². The number of amides is 1. The van der Waals surface area contributed by atoms with Gasteiger partial charge >= 0.3 is 0 Å². The lowest BCUT2D eigenvalue weighted by molar-refractivity contribution is 0.0946. The first-order valence-corrected chi connectivity index (χ1v) is 10.8. The van der Waals surface area contributed by atoms with Crippen LogP contribution in [0.4, 0.5) is 0 Å².